The van der Waals surface area contributed by atoms with Crippen LogP contribution in [0.5, 0.6) is 0 Å². The zero-order chi connectivity index (χ0) is 14.8. The summed E-state index contributed by atoms with van der Waals surface area (Å²) in [7, 11) is 1.76. The van der Waals surface area contributed by atoms with E-state index in [0.717, 1.165) is 5.56 Å². The molecule has 1 aromatic carbocycles. The Morgan fingerprint density at radius 1 is 1.19 bits per heavy atom. The van der Waals surface area contributed by atoms with Crippen molar-refractivity contribution >= 4 is 16.5 Å². The molecule has 3 aromatic rings. The van der Waals surface area contributed by atoms with Crippen LogP contribution in [0.4, 0.5) is 5.13 Å². The maximum Gasteiger partial charge on any atom is 0.274 e. The van der Waals surface area contributed by atoms with Gasteiger partial charge in [0, 0.05) is 12.6 Å². The van der Waals surface area contributed by atoms with E-state index in [2.05, 4.69) is 25.7 Å². The Hall–Kier alpha value is -2.54. The first-order valence-corrected chi connectivity index (χ1v) is 7.17. The molecule has 2 heterocycles. The van der Waals surface area contributed by atoms with Crippen LogP contribution >= 0.6 is 11.3 Å². The first kappa shape index (κ1) is 13.4. The minimum Gasteiger partial charge on any atom is -0.363 e. The maximum absolute atomic E-state index is 12.0. The van der Waals surface area contributed by atoms with E-state index < -0.39 is 0 Å². The standard InChI is InChI=1S/C14H13N5OS/c1-8-3-5-9(6-4-8)11-7-10(12(20)17-16-11)13-18-19-14(15-2)21-13/h3-7H,1-2H3,(H,15,19)(H,17,20). The molecule has 0 radical (unpaired) electrons. The van der Waals surface area contributed by atoms with E-state index in [1.165, 1.54) is 16.9 Å². The molecule has 2 aromatic heterocycles. The highest BCUT2D eigenvalue weighted by atomic mass is 32.1. The summed E-state index contributed by atoms with van der Waals surface area (Å²) in [5.74, 6) is 0. The molecule has 0 spiro atoms. The summed E-state index contributed by atoms with van der Waals surface area (Å²) >= 11 is 1.33. The first-order chi connectivity index (χ1) is 10.2. The Morgan fingerprint density at radius 2 is 1.95 bits per heavy atom. The van der Waals surface area contributed by atoms with E-state index in [1.54, 1.807) is 13.1 Å². The molecule has 0 amide bonds. The average Bonchev–Trinajstić information content (AvgIpc) is 2.97. The van der Waals surface area contributed by atoms with Crippen LogP contribution in [0.2, 0.25) is 0 Å². The fraction of sp³-hybridized carbons (Fsp3) is 0.143. The van der Waals surface area contributed by atoms with E-state index in [4.69, 9.17) is 0 Å². The molecule has 106 valence electrons. The van der Waals surface area contributed by atoms with Crippen molar-refractivity contribution in [2.75, 3.05) is 12.4 Å². The maximum atomic E-state index is 12.0. The zero-order valence-corrected chi connectivity index (χ0v) is 12.4. The molecule has 2 N–H and O–H groups in total. The molecule has 0 atom stereocenters. The first-order valence-electron chi connectivity index (χ1n) is 6.36. The molecule has 0 saturated carbocycles. The van der Waals surface area contributed by atoms with E-state index in [9.17, 15) is 4.79 Å². The van der Waals surface area contributed by atoms with Crippen molar-refractivity contribution in [3.05, 3.63) is 46.2 Å². The number of rotatable bonds is 3. The summed E-state index contributed by atoms with van der Waals surface area (Å²) in [5.41, 5.74) is 3.01. The van der Waals surface area contributed by atoms with Crippen LogP contribution in [0.15, 0.2) is 35.1 Å². The summed E-state index contributed by atoms with van der Waals surface area (Å²) in [6, 6.07) is 9.69. The van der Waals surface area contributed by atoms with Crippen molar-refractivity contribution in [3.8, 4) is 21.8 Å². The third-order valence-electron chi connectivity index (χ3n) is 3.02. The molecule has 6 nitrogen and oxygen atoms in total. The van der Waals surface area contributed by atoms with Crippen LogP contribution in [0.25, 0.3) is 21.8 Å². The van der Waals surface area contributed by atoms with Gasteiger partial charge in [0.2, 0.25) is 5.13 Å². The zero-order valence-electron chi connectivity index (χ0n) is 11.5. The second-order valence-corrected chi connectivity index (χ2v) is 5.50. The van der Waals surface area contributed by atoms with Gasteiger partial charge in [-0.25, -0.2) is 5.10 Å². The quantitative estimate of drug-likeness (QED) is 0.775. The lowest BCUT2D eigenvalue weighted by Gasteiger charge is -2.02. The predicted octanol–water partition coefficient (Wildman–Crippen LogP) is 2.31. The third kappa shape index (κ3) is 2.68. The number of hydrogen-bond donors (Lipinski definition) is 2. The summed E-state index contributed by atoms with van der Waals surface area (Å²) in [4.78, 5) is 12.0. The lowest BCUT2D eigenvalue weighted by Crippen LogP contribution is -2.11. The molecule has 0 aliphatic rings. The highest BCUT2D eigenvalue weighted by molar-refractivity contribution is 7.18. The van der Waals surface area contributed by atoms with Crippen LogP contribution in [-0.2, 0) is 0 Å². The van der Waals surface area contributed by atoms with Crippen molar-refractivity contribution in [1.29, 1.82) is 0 Å². The number of benzene rings is 1. The van der Waals surface area contributed by atoms with Crippen LogP contribution in [0, 0.1) is 6.92 Å². The van der Waals surface area contributed by atoms with Gasteiger partial charge >= 0.3 is 0 Å². The van der Waals surface area contributed by atoms with Gasteiger partial charge in [0.25, 0.3) is 5.56 Å². The Balaban J connectivity index is 2.07. The van der Waals surface area contributed by atoms with Gasteiger partial charge in [-0.3, -0.25) is 4.79 Å². The third-order valence-corrected chi connectivity index (χ3v) is 3.99. The van der Waals surface area contributed by atoms with Gasteiger partial charge in [-0.15, -0.1) is 10.2 Å². The predicted molar refractivity (Wildman–Crippen MR) is 83.5 cm³/mol. The second kappa shape index (κ2) is 5.45. The van der Waals surface area contributed by atoms with E-state index in [-0.39, 0.29) is 5.56 Å². The number of anilines is 1. The molecule has 3 rings (SSSR count). The normalized spacial score (nSPS) is 10.6. The number of nitrogens with one attached hydrogen (secondary N) is 2. The van der Waals surface area contributed by atoms with Gasteiger partial charge in [-0.1, -0.05) is 41.2 Å². The summed E-state index contributed by atoms with van der Waals surface area (Å²) in [6.07, 6.45) is 0. The Kier molecular flexibility index (Phi) is 3.49. The molecule has 21 heavy (non-hydrogen) atoms. The molecule has 0 saturated heterocycles. The van der Waals surface area contributed by atoms with Crippen LogP contribution in [-0.4, -0.2) is 27.4 Å². The van der Waals surface area contributed by atoms with Crippen molar-refractivity contribution in [1.82, 2.24) is 20.4 Å². The van der Waals surface area contributed by atoms with Crippen molar-refractivity contribution in [2.24, 2.45) is 0 Å². The summed E-state index contributed by atoms with van der Waals surface area (Å²) in [6.45, 7) is 2.02. The Bertz CT molecular complexity index is 822. The number of aryl methyl sites for hydroxylation is 1. The lowest BCUT2D eigenvalue weighted by molar-refractivity contribution is 0.992. The van der Waals surface area contributed by atoms with Crippen LogP contribution < -0.4 is 10.9 Å². The number of aromatic amines is 1. The fourth-order valence-corrected chi connectivity index (χ4v) is 2.58. The van der Waals surface area contributed by atoms with Gasteiger partial charge < -0.3 is 5.32 Å². The number of aromatic nitrogens is 4. The van der Waals surface area contributed by atoms with Crippen LogP contribution in [0.1, 0.15) is 5.56 Å². The second-order valence-electron chi connectivity index (χ2n) is 4.52. The van der Waals surface area contributed by atoms with Gasteiger partial charge in [0.05, 0.1) is 11.3 Å². The monoisotopic (exact) mass is 299 g/mol. The topological polar surface area (TPSA) is 83.6 Å². The molecule has 7 heteroatoms. The minimum atomic E-state index is -0.273. The van der Waals surface area contributed by atoms with Gasteiger partial charge in [0.1, 0.15) is 0 Å². The average molecular weight is 299 g/mol. The number of nitrogens with zero attached hydrogens (tertiary/aromatic N) is 3. The fourth-order valence-electron chi connectivity index (χ4n) is 1.87. The van der Waals surface area contributed by atoms with E-state index >= 15 is 0 Å². The highest BCUT2D eigenvalue weighted by Crippen LogP contribution is 2.26. The SMILES string of the molecule is CNc1nnc(-c2cc(-c3ccc(C)cc3)n[nH]c2=O)s1. The van der Waals surface area contributed by atoms with Crippen molar-refractivity contribution < 1.29 is 0 Å². The Morgan fingerprint density at radius 3 is 2.62 bits per heavy atom. The largest absolute Gasteiger partial charge is 0.363 e. The molecule has 0 fully saturated rings. The molecular weight excluding hydrogens is 286 g/mol. The van der Waals surface area contributed by atoms with E-state index in [0.29, 0.717) is 21.4 Å². The van der Waals surface area contributed by atoms with E-state index in [1.807, 2.05) is 31.2 Å². The van der Waals surface area contributed by atoms with Crippen molar-refractivity contribution in [3.63, 3.8) is 0 Å². The molecule has 0 aliphatic heterocycles. The Labute approximate surface area is 124 Å². The van der Waals surface area contributed by atoms with Gasteiger partial charge in [-0.05, 0) is 13.0 Å². The van der Waals surface area contributed by atoms with Gasteiger partial charge in [-0.2, -0.15) is 5.10 Å². The minimum absolute atomic E-state index is 0.273. The summed E-state index contributed by atoms with van der Waals surface area (Å²) in [5, 5.41) is 18.7. The molecule has 0 bridgehead atoms. The highest BCUT2D eigenvalue weighted by Gasteiger charge is 2.12. The molecule has 0 aliphatic carbocycles. The van der Waals surface area contributed by atoms with Crippen LogP contribution in [0.3, 0.4) is 0 Å². The van der Waals surface area contributed by atoms with Crippen molar-refractivity contribution in [2.45, 2.75) is 6.92 Å². The lowest BCUT2D eigenvalue weighted by atomic mass is 10.1. The number of H-pyrrole nitrogens is 1. The number of hydrogen-bond acceptors (Lipinski definition) is 6. The molecular formula is C14H13N5OS. The van der Waals surface area contributed by atoms with Gasteiger partial charge in [0.15, 0.2) is 5.01 Å². The summed E-state index contributed by atoms with van der Waals surface area (Å²) < 4.78 is 0. The smallest absolute Gasteiger partial charge is 0.274 e. The molecule has 0 unspecified atom stereocenters.